The number of nitrogens with one attached hydrogen (secondary N) is 3. The zero-order valence-electron chi connectivity index (χ0n) is 23.3. The number of ether oxygens (including phenoxy) is 1. The van der Waals surface area contributed by atoms with Crippen molar-refractivity contribution >= 4 is 23.8 Å². The highest BCUT2D eigenvalue weighted by molar-refractivity contribution is 5.89. The van der Waals surface area contributed by atoms with Crippen LogP contribution in [0.2, 0.25) is 0 Å². The van der Waals surface area contributed by atoms with Crippen molar-refractivity contribution in [3.8, 4) is 0 Å². The topological polar surface area (TPSA) is 117 Å². The number of carbonyl (C=O) groups is 4. The minimum atomic E-state index is -0.685. The van der Waals surface area contributed by atoms with Crippen LogP contribution in [0.4, 0.5) is 4.79 Å². The van der Waals surface area contributed by atoms with Crippen LogP contribution in [0.25, 0.3) is 0 Å². The number of hydrogen-bond donors (Lipinski definition) is 3. The molecule has 1 aliphatic rings. The molecule has 0 aromatic heterocycles. The molecule has 1 fully saturated rings. The van der Waals surface area contributed by atoms with Crippen LogP contribution in [0.15, 0.2) is 30.3 Å². The highest BCUT2D eigenvalue weighted by Crippen LogP contribution is 2.20. The van der Waals surface area contributed by atoms with Crippen LogP contribution in [0.5, 0.6) is 0 Å². The molecule has 3 atom stereocenters. The van der Waals surface area contributed by atoms with Crippen molar-refractivity contribution in [1.29, 1.82) is 0 Å². The second-order valence-electron chi connectivity index (χ2n) is 11.3. The summed E-state index contributed by atoms with van der Waals surface area (Å²) in [4.78, 5) is 52.6. The first-order valence-corrected chi connectivity index (χ1v) is 13.2. The maximum atomic E-state index is 13.2. The highest BCUT2D eigenvalue weighted by atomic mass is 16.6. The van der Waals surface area contributed by atoms with Gasteiger partial charge in [-0.1, -0.05) is 44.2 Å². The van der Waals surface area contributed by atoms with E-state index in [9.17, 15) is 19.2 Å². The number of carbonyl (C=O) groups excluding carboxylic acids is 4. The summed E-state index contributed by atoms with van der Waals surface area (Å²) in [6, 6.07) is 8.10. The average molecular weight is 517 g/mol. The van der Waals surface area contributed by atoms with Crippen LogP contribution in [-0.2, 0) is 19.1 Å². The van der Waals surface area contributed by atoms with Gasteiger partial charge in [-0.2, -0.15) is 0 Å². The van der Waals surface area contributed by atoms with Gasteiger partial charge in [0.1, 0.15) is 17.7 Å². The smallest absolute Gasteiger partial charge is 0.408 e. The van der Waals surface area contributed by atoms with Crippen LogP contribution in [-0.4, -0.2) is 59.5 Å². The first-order chi connectivity index (χ1) is 17.3. The van der Waals surface area contributed by atoms with Gasteiger partial charge < -0.3 is 25.6 Å². The fourth-order valence-electron chi connectivity index (χ4n) is 4.29. The third-order valence-corrected chi connectivity index (χ3v) is 6.28. The normalized spacial score (nSPS) is 16.9. The second kappa shape index (κ2) is 13.4. The molecule has 1 aliphatic heterocycles. The lowest BCUT2D eigenvalue weighted by Gasteiger charge is -2.34. The minimum Gasteiger partial charge on any atom is -0.444 e. The van der Waals surface area contributed by atoms with Crippen molar-refractivity contribution in [1.82, 2.24) is 20.9 Å². The summed E-state index contributed by atoms with van der Waals surface area (Å²) in [5.74, 6) is -0.687. The number of rotatable bonds is 9. The standard InChI is InChI=1S/C28H44N4O5/c1-18(2)17-23(31-27(36)37-28(5,6)7)26(35)32-15-13-22(14-16-32)25(34)30-20(4)24(33)29-19(3)21-11-9-8-10-12-21/h8-12,18-20,22-23H,13-17H2,1-7H3,(H,29,33)(H,30,34)(H,31,36)/t19-,20-,23-/m0/s1. The van der Waals surface area contributed by atoms with Crippen LogP contribution < -0.4 is 16.0 Å². The van der Waals surface area contributed by atoms with E-state index in [2.05, 4.69) is 16.0 Å². The maximum Gasteiger partial charge on any atom is 0.408 e. The molecule has 9 heteroatoms. The Morgan fingerprint density at radius 1 is 0.946 bits per heavy atom. The van der Waals surface area contributed by atoms with Gasteiger partial charge in [-0.15, -0.1) is 0 Å². The van der Waals surface area contributed by atoms with Gasteiger partial charge in [0, 0.05) is 19.0 Å². The first-order valence-electron chi connectivity index (χ1n) is 13.2. The van der Waals surface area contributed by atoms with Gasteiger partial charge >= 0.3 is 6.09 Å². The van der Waals surface area contributed by atoms with E-state index >= 15 is 0 Å². The van der Waals surface area contributed by atoms with Gasteiger partial charge in [0.2, 0.25) is 17.7 Å². The Morgan fingerprint density at radius 3 is 2.08 bits per heavy atom. The lowest BCUT2D eigenvalue weighted by Crippen LogP contribution is -2.53. The monoisotopic (exact) mass is 516 g/mol. The lowest BCUT2D eigenvalue weighted by atomic mass is 9.94. The van der Waals surface area contributed by atoms with E-state index < -0.39 is 23.8 Å². The second-order valence-corrected chi connectivity index (χ2v) is 11.3. The molecule has 1 saturated heterocycles. The van der Waals surface area contributed by atoms with Gasteiger partial charge in [0.05, 0.1) is 6.04 Å². The first kappa shape index (κ1) is 30.1. The summed E-state index contributed by atoms with van der Waals surface area (Å²) in [5.41, 5.74) is 0.331. The molecular formula is C28H44N4O5. The summed E-state index contributed by atoms with van der Waals surface area (Å²) in [7, 11) is 0. The van der Waals surface area contributed by atoms with E-state index in [4.69, 9.17) is 4.74 Å². The Hall–Kier alpha value is -3.10. The van der Waals surface area contributed by atoms with Crippen LogP contribution >= 0.6 is 0 Å². The fourth-order valence-corrected chi connectivity index (χ4v) is 4.29. The molecule has 206 valence electrons. The highest BCUT2D eigenvalue weighted by Gasteiger charge is 2.33. The van der Waals surface area contributed by atoms with Gasteiger partial charge in [0.25, 0.3) is 0 Å². The molecule has 3 N–H and O–H groups in total. The van der Waals surface area contributed by atoms with Crippen LogP contribution in [0, 0.1) is 11.8 Å². The number of hydrogen-bond acceptors (Lipinski definition) is 5. The molecule has 4 amide bonds. The average Bonchev–Trinajstić information content (AvgIpc) is 2.82. The van der Waals surface area contributed by atoms with Gasteiger partial charge in [-0.3, -0.25) is 14.4 Å². The van der Waals surface area contributed by atoms with Crippen molar-refractivity contribution < 1.29 is 23.9 Å². The van der Waals surface area contributed by atoms with E-state index in [0.29, 0.717) is 32.4 Å². The predicted octanol–water partition coefficient (Wildman–Crippen LogP) is 3.55. The van der Waals surface area contributed by atoms with E-state index in [-0.39, 0.29) is 35.6 Å². The molecule has 37 heavy (non-hydrogen) atoms. The Labute approximate surface area is 221 Å². The van der Waals surface area contributed by atoms with Gasteiger partial charge in [-0.05, 0) is 65.4 Å². The third-order valence-electron chi connectivity index (χ3n) is 6.28. The largest absolute Gasteiger partial charge is 0.444 e. The summed E-state index contributed by atoms with van der Waals surface area (Å²) in [6.07, 6.45) is 0.863. The van der Waals surface area contributed by atoms with Crippen LogP contribution in [0.3, 0.4) is 0 Å². The SMILES string of the molecule is CC(C)C[C@H](NC(=O)OC(C)(C)C)C(=O)N1CCC(C(=O)N[C@@H](C)C(=O)N[C@@H](C)c2ccccc2)CC1. The number of piperidine rings is 1. The number of amides is 4. The molecule has 0 unspecified atom stereocenters. The van der Waals surface area contributed by atoms with Crippen molar-refractivity contribution in [2.45, 2.75) is 91.5 Å². The zero-order chi connectivity index (χ0) is 27.8. The van der Waals surface area contributed by atoms with Crippen molar-refractivity contribution in [3.63, 3.8) is 0 Å². The molecule has 1 aromatic carbocycles. The van der Waals surface area contributed by atoms with Crippen molar-refractivity contribution in [3.05, 3.63) is 35.9 Å². The molecular weight excluding hydrogens is 472 g/mol. The molecule has 1 aromatic rings. The summed E-state index contributed by atoms with van der Waals surface area (Å²) >= 11 is 0. The Morgan fingerprint density at radius 2 is 1.54 bits per heavy atom. The molecule has 1 heterocycles. The zero-order valence-corrected chi connectivity index (χ0v) is 23.3. The molecule has 9 nitrogen and oxygen atoms in total. The summed E-state index contributed by atoms with van der Waals surface area (Å²) < 4.78 is 5.33. The third kappa shape index (κ3) is 10.1. The van der Waals surface area contributed by atoms with E-state index in [1.165, 1.54) is 0 Å². The van der Waals surface area contributed by atoms with Gasteiger partial charge in [0.15, 0.2) is 0 Å². The molecule has 2 rings (SSSR count). The Bertz CT molecular complexity index is 920. The fraction of sp³-hybridized carbons (Fsp3) is 0.643. The number of nitrogens with zero attached hydrogens (tertiary/aromatic N) is 1. The van der Waals surface area contributed by atoms with E-state index in [0.717, 1.165) is 5.56 Å². The minimum absolute atomic E-state index is 0.166. The molecule has 0 spiro atoms. The van der Waals surface area contributed by atoms with E-state index in [1.54, 1.807) is 32.6 Å². The molecule has 0 saturated carbocycles. The number of benzene rings is 1. The summed E-state index contributed by atoms with van der Waals surface area (Å²) in [6.45, 7) is 13.7. The number of likely N-dealkylation sites (tertiary alicyclic amines) is 1. The van der Waals surface area contributed by atoms with Crippen LogP contribution in [0.1, 0.15) is 79.3 Å². The van der Waals surface area contributed by atoms with Crippen molar-refractivity contribution in [2.24, 2.45) is 11.8 Å². The quantitative estimate of drug-likeness (QED) is 0.464. The predicted molar refractivity (Wildman–Crippen MR) is 143 cm³/mol. The molecule has 0 aliphatic carbocycles. The Balaban J connectivity index is 1.86. The van der Waals surface area contributed by atoms with E-state index in [1.807, 2.05) is 51.1 Å². The molecule has 0 bridgehead atoms. The summed E-state index contributed by atoms with van der Waals surface area (Å²) in [5, 5.41) is 8.48. The maximum absolute atomic E-state index is 13.2. The van der Waals surface area contributed by atoms with Crippen molar-refractivity contribution in [2.75, 3.05) is 13.1 Å². The Kier molecular flexibility index (Phi) is 10.9. The van der Waals surface area contributed by atoms with Gasteiger partial charge in [-0.25, -0.2) is 4.79 Å². The molecule has 0 radical (unpaired) electrons. The number of alkyl carbamates (subject to hydrolysis) is 1. The lowest BCUT2D eigenvalue weighted by molar-refractivity contribution is -0.138.